The highest BCUT2D eigenvalue weighted by molar-refractivity contribution is 7.88. The van der Waals surface area contributed by atoms with E-state index < -0.39 is 16.1 Å². The lowest BCUT2D eigenvalue weighted by Crippen LogP contribution is -2.58. The van der Waals surface area contributed by atoms with E-state index in [0.717, 1.165) is 17.1 Å². The van der Waals surface area contributed by atoms with Gasteiger partial charge in [-0.3, -0.25) is 4.90 Å². The SMILES string of the molecule is CC1CN(c2ccc(N3CCN(C(=O)O)c4ccccc43)cc2)CC(C)N1S(C)(=O)=O. The van der Waals surface area contributed by atoms with Gasteiger partial charge in [-0.05, 0) is 50.2 Å². The van der Waals surface area contributed by atoms with E-state index in [0.29, 0.717) is 31.9 Å². The fraction of sp³-hybridized carbons (Fsp3) is 0.409. The van der Waals surface area contributed by atoms with E-state index in [1.54, 1.807) is 4.31 Å². The number of amides is 1. The molecule has 2 atom stereocenters. The van der Waals surface area contributed by atoms with Crippen LogP contribution in [0.1, 0.15) is 13.8 Å². The number of rotatable bonds is 3. The first-order valence-electron chi connectivity index (χ1n) is 10.4. The van der Waals surface area contributed by atoms with Crippen LogP contribution in [0.5, 0.6) is 0 Å². The lowest BCUT2D eigenvalue weighted by atomic mass is 10.1. The van der Waals surface area contributed by atoms with E-state index in [9.17, 15) is 18.3 Å². The van der Waals surface area contributed by atoms with Crippen LogP contribution >= 0.6 is 0 Å². The molecule has 166 valence electrons. The zero-order chi connectivity index (χ0) is 22.3. The van der Waals surface area contributed by atoms with Crippen molar-refractivity contribution < 1.29 is 18.3 Å². The lowest BCUT2D eigenvalue weighted by Gasteiger charge is -2.44. The summed E-state index contributed by atoms with van der Waals surface area (Å²) in [6.45, 7) is 6.13. The molecule has 9 heteroatoms. The molecular formula is C22H28N4O4S. The van der Waals surface area contributed by atoms with Crippen LogP contribution in [0.2, 0.25) is 0 Å². The third-order valence-corrected chi connectivity index (χ3v) is 7.47. The molecule has 0 bridgehead atoms. The van der Waals surface area contributed by atoms with E-state index in [1.165, 1.54) is 11.2 Å². The molecule has 2 aromatic rings. The Morgan fingerprint density at radius 1 is 0.903 bits per heavy atom. The van der Waals surface area contributed by atoms with Crippen molar-refractivity contribution in [3.05, 3.63) is 48.5 Å². The number of anilines is 4. The number of nitrogens with zero attached hydrogens (tertiary/aromatic N) is 4. The Balaban J connectivity index is 1.56. The second kappa shape index (κ2) is 8.05. The molecule has 0 saturated carbocycles. The highest BCUT2D eigenvalue weighted by Gasteiger charge is 2.35. The first-order valence-corrected chi connectivity index (χ1v) is 12.2. The molecule has 0 aromatic heterocycles. The first-order chi connectivity index (χ1) is 14.7. The van der Waals surface area contributed by atoms with Gasteiger partial charge in [0.15, 0.2) is 0 Å². The fourth-order valence-electron chi connectivity index (χ4n) is 4.84. The molecular weight excluding hydrogens is 416 g/mol. The van der Waals surface area contributed by atoms with Gasteiger partial charge in [0.25, 0.3) is 0 Å². The standard InChI is InChI=1S/C22H28N4O4S/c1-16-14-23(15-17(2)26(16)31(3,29)30)18-8-10-19(11-9-18)24-12-13-25(22(27)28)21-7-5-4-6-20(21)24/h4-11,16-17H,12-15H2,1-3H3,(H,27,28). The molecule has 1 saturated heterocycles. The molecule has 0 aliphatic carbocycles. The maximum Gasteiger partial charge on any atom is 0.411 e. The van der Waals surface area contributed by atoms with Crippen LogP contribution in [0.15, 0.2) is 48.5 Å². The molecule has 2 aromatic carbocycles. The molecule has 0 spiro atoms. The Kier molecular flexibility index (Phi) is 5.57. The minimum Gasteiger partial charge on any atom is -0.465 e. The average Bonchev–Trinajstić information content (AvgIpc) is 2.71. The number of carbonyl (C=O) groups is 1. The van der Waals surface area contributed by atoms with Gasteiger partial charge < -0.3 is 14.9 Å². The summed E-state index contributed by atoms with van der Waals surface area (Å²) < 4.78 is 25.8. The quantitative estimate of drug-likeness (QED) is 0.783. The Bertz CT molecular complexity index is 1060. The van der Waals surface area contributed by atoms with Gasteiger partial charge in [0.1, 0.15) is 0 Å². The Morgan fingerprint density at radius 2 is 1.45 bits per heavy atom. The predicted octanol–water partition coefficient (Wildman–Crippen LogP) is 3.18. The number of hydrogen-bond donors (Lipinski definition) is 1. The summed E-state index contributed by atoms with van der Waals surface area (Å²) in [5.41, 5.74) is 3.60. The first kappa shape index (κ1) is 21.5. The number of benzene rings is 2. The van der Waals surface area contributed by atoms with Crippen molar-refractivity contribution in [3.63, 3.8) is 0 Å². The maximum atomic E-state index is 12.1. The van der Waals surface area contributed by atoms with Crippen molar-refractivity contribution >= 4 is 38.9 Å². The number of piperazine rings is 1. The van der Waals surface area contributed by atoms with E-state index in [2.05, 4.69) is 21.9 Å². The third kappa shape index (κ3) is 4.07. The summed E-state index contributed by atoms with van der Waals surface area (Å²) in [6, 6.07) is 15.5. The van der Waals surface area contributed by atoms with Crippen LogP contribution in [0, 0.1) is 0 Å². The second-order valence-corrected chi connectivity index (χ2v) is 10.2. The summed E-state index contributed by atoms with van der Waals surface area (Å²) in [7, 11) is -3.24. The molecule has 1 amide bonds. The molecule has 4 rings (SSSR count). The van der Waals surface area contributed by atoms with Gasteiger partial charge >= 0.3 is 6.09 Å². The minimum absolute atomic E-state index is 0.102. The number of carboxylic acid groups (broad SMARTS) is 1. The summed E-state index contributed by atoms with van der Waals surface area (Å²) in [6.07, 6.45) is 0.325. The predicted molar refractivity (Wildman–Crippen MR) is 123 cm³/mol. The molecule has 1 fully saturated rings. The molecule has 2 aliphatic rings. The van der Waals surface area contributed by atoms with Crippen molar-refractivity contribution in [1.29, 1.82) is 0 Å². The molecule has 2 unspecified atom stereocenters. The van der Waals surface area contributed by atoms with Gasteiger partial charge in [0.05, 0.1) is 17.6 Å². The van der Waals surface area contributed by atoms with Gasteiger partial charge in [-0.15, -0.1) is 0 Å². The van der Waals surface area contributed by atoms with Gasteiger partial charge in [-0.1, -0.05) is 12.1 Å². The molecule has 0 radical (unpaired) electrons. The third-order valence-electron chi connectivity index (χ3n) is 5.99. The smallest absolute Gasteiger partial charge is 0.411 e. The van der Waals surface area contributed by atoms with Gasteiger partial charge in [0.2, 0.25) is 10.0 Å². The lowest BCUT2D eigenvalue weighted by molar-refractivity contribution is 0.201. The zero-order valence-electron chi connectivity index (χ0n) is 18.0. The summed E-state index contributed by atoms with van der Waals surface area (Å²) in [4.78, 5) is 17.3. The van der Waals surface area contributed by atoms with Crippen molar-refractivity contribution in [2.75, 3.05) is 47.1 Å². The maximum absolute atomic E-state index is 12.1. The van der Waals surface area contributed by atoms with Crippen molar-refractivity contribution in [1.82, 2.24) is 4.31 Å². The largest absolute Gasteiger partial charge is 0.465 e. The highest BCUT2D eigenvalue weighted by atomic mass is 32.2. The van der Waals surface area contributed by atoms with Crippen LogP contribution in [-0.4, -0.2) is 68.4 Å². The number of para-hydroxylation sites is 2. The normalized spacial score (nSPS) is 22.4. The van der Waals surface area contributed by atoms with Gasteiger partial charge in [-0.2, -0.15) is 4.31 Å². The molecule has 31 heavy (non-hydrogen) atoms. The van der Waals surface area contributed by atoms with Crippen molar-refractivity contribution in [2.24, 2.45) is 0 Å². The monoisotopic (exact) mass is 444 g/mol. The Morgan fingerprint density at radius 3 is 2.00 bits per heavy atom. The van der Waals surface area contributed by atoms with Crippen molar-refractivity contribution in [2.45, 2.75) is 25.9 Å². The fourth-order valence-corrected chi connectivity index (χ4v) is 6.28. The Labute approximate surface area is 183 Å². The average molecular weight is 445 g/mol. The Hall–Kier alpha value is -2.78. The van der Waals surface area contributed by atoms with Crippen LogP contribution < -0.4 is 14.7 Å². The number of sulfonamides is 1. The second-order valence-electron chi connectivity index (χ2n) is 8.29. The van der Waals surface area contributed by atoms with Crippen LogP contribution in [0.25, 0.3) is 0 Å². The van der Waals surface area contributed by atoms with E-state index >= 15 is 0 Å². The minimum atomic E-state index is -3.24. The summed E-state index contributed by atoms with van der Waals surface area (Å²) in [5.74, 6) is 0. The molecule has 1 N–H and O–H groups in total. The number of fused-ring (bicyclic) bond motifs is 1. The molecule has 8 nitrogen and oxygen atoms in total. The summed E-state index contributed by atoms with van der Waals surface area (Å²) in [5, 5.41) is 9.49. The van der Waals surface area contributed by atoms with E-state index in [4.69, 9.17) is 0 Å². The highest BCUT2D eigenvalue weighted by Crippen LogP contribution is 2.38. The van der Waals surface area contributed by atoms with E-state index in [1.807, 2.05) is 50.2 Å². The van der Waals surface area contributed by atoms with E-state index in [-0.39, 0.29) is 12.1 Å². The zero-order valence-corrected chi connectivity index (χ0v) is 18.8. The van der Waals surface area contributed by atoms with Crippen LogP contribution in [0.4, 0.5) is 27.5 Å². The molecule has 2 aliphatic heterocycles. The summed E-state index contributed by atoms with van der Waals surface area (Å²) >= 11 is 0. The van der Waals surface area contributed by atoms with Crippen LogP contribution in [-0.2, 0) is 10.0 Å². The van der Waals surface area contributed by atoms with Crippen molar-refractivity contribution in [3.8, 4) is 0 Å². The topological polar surface area (TPSA) is 84.4 Å². The van der Waals surface area contributed by atoms with Gasteiger partial charge in [0, 0.05) is 49.6 Å². The molecule has 2 heterocycles. The number of hydrogen-bond acceptors (Lipinski definition) is 5. The van der Waals surface area contributed by atoms with Crippen LogP contribution in [0.3, 0.4) is 0 Å². The van der Waals surface area contributed by atoms with Gasteiger partial charge in [-0.25, -0.2) is 13.2 Å².